The summed E-state index contributed by atoms with van der Waals surface area (Å²) in [7, 11) is 0. The average molecular weight is 260 g/mol. The largest absolute Gasteiger partial charge is 0.549 e. The van der Waals surface area contributed by atoms with Crippen LogP contribution in [0.25, 0.3) is 0 Å². The summed E-state index contributed by atoms with van der Waals surface area (Å²) in [5, 5.41) is 10.1. The van der Waals surface area contributed by atoms with Crippen molar-refractivity contribution in [2.75, 3.05) is 5.75 Å². The molecule has 0 saturated heterocycles. The molecule has 0 amide bonds. The van der Waals surface area contributed by atoms with Crippen molar-refractivity contribution >= 4 is 33.7 Å². The SMILES string of the molecule is O=C([O-])CSCc1ccc(Br)cc1. The predicted molar refractivity (Wildman–Crippen MR) is 55.3 cm³/mol. The van der Waals surface area contributed by atoms with Crippen molar-refractivity contribution in [3.05, 3.63) is 34.3 Å². The van der Waals surface area contributed by atoms with Crippen LogP contribution in [-0.4, -0.2) is 11.7 Å². The summed E-state index contributed by atoms with van der Waals surface area (Å²) in [6.45, 7) is 0. The van der Waals surface area contributed by atoms with Crippen molar-refractivity contribution in [1.82, 2.24) is 0 Å². The van der Waals surface area contributed by atoms with E-state index in [1.807, 2.05) is 24.3 Å². The highest BCUT2D eigenvalue weighted by molar-refractivity contribution is 9.10. The van der Waals surface area contributed by atoms with Crippen molar-refractivity contribution in [2.24, 2.45) is 0 Å². The summed E-state index contributed by atoms with van der Waals surface area (Å²) in [5.41, 5.74) is 1.12. The van der Waals surface area contributed by atoms with Gasteiger partial charge < -0.3 is 9.90 Å². The zero-order chi connectivity index (χ0) is 9.68. The second kappa shape index (κ2) is 5.29. The van der Waals surface area contributed by atoms with E-state index in [2.05, 4.69) is 15.9 Å². The average Bonchev–Trinajstić information content (AvgIpc) is 2.08. The van der Waals surface area contributed by atoms with Gasteiger partial charge in [-0.3, -0.25) is 0 Å². The van der Waals surface area contributed by atoms with Gasteiger partial charge in [0.05, 0.1) is 5.97 Å². The van der Waals surface area contributed by atoms with Crippen molar-refractivity contribution in [3.8, 4) is 0 Å². The Morgan fingerprint density at radius 3 is 2.54 bits per heavy atom. The number of aliphatic carboxylic acids is 1. The third-order valence-corrected chi connectivity index (χ3v) is 2.91. The molecule has 0 spiro atoms. The van der Waals surface area contributed by atoms with Gasteiger partial charge in [-0.1, -0.05) is 28.1 Å². The molecular formula is C9H8BrO2S-. The number of hydrogen-bond acceptors (Lipinski definition) is 3. The molecule has 0 aliphatic carbocycles. The Kier molecular flexibility index (Phi) is 4.32. The first-order chi connectivity index (χ1) is 6.18. The van der Waals surface area contributed by atoms with Gasteiger partial charge in [0.15, 0.2) is 0 Å². The second-order valence-electron chi connectivity index (χ2n) is 2.49. The van der Waals surface area contributed by atoms with Crippen LogP contribution in [-0.2, 0) is 10.5 Å². The molecule has 0 fully saturated rings. The number of halogens is 1. The second-order valence-corrected chi connectivity index (χ2v) is 4.39. The van der Waals surface area contributed by atoms with Gasteiger partial charge in [0, 0.05) is 16.0 Å². The minimum atomic E-state index is -1.01. The van der Waals surface area contributed by atoms with Gasteiger partial charge in [-0.05, 0) is 17.7 Å². The van der Waals surface area contributed by atoms with Crippen molar-refractivity contribution in [1.29, 1.82) is 0 Å². The standard InChI is InChI=1S/C9H9BrO2S/c10-8-3-1-7(2-4-8)5-13-6-9(11)12/h1-4H,5-6H2,(H,11,12)/p-1. The summed E-state index contributed by atoms with van der Waals surface area (Å²) >= 11 is 4.67. The van der Waals surface area contributed by atoms with Crippen LogP contribution in [0.1, 0.15) is 5.56 Å². The smallest absolute Gasteiger partial charge is 0.0513 e. The lowest BCUT2D eigenvalue weighted by Crippen LogP contribution is -2.24. The molecule has 2 nitrogen and oxygen atoms in total. The molecular weight excluding hydrogens is 252 g/mol. The van der Waals surface area contributed by atoms with E-state index in [9.17, 15) is 9.90 Å². The van der Waals surface area contributed by atoms with Crippen LogP contribution in [0.2, 0.25) is 0 Å². The molecule has 0 bridgehead atoms. The molecule has 0 aliphatic heterocycles. The number of carboxylic acid groups (broad SMARTS) is 1. The monoisotopic (exact) mass is 259 g/mol. The van der Waals surface area contributed by atoms with E-state index < -0.39 is 5.97 Å². The third-order valence-electron chi connectivity index (χ3n) is 1.40. The minimum Gasteiger partial charge on any atom is -0.549 e. The highest BCUT2D eigenvalue weighted by atomic mass is 79.9. The normalized spacial score (nSPS) is 9.92. The Morgan fingerprint density at radius 1 is 1.38 bits per heavy atom. The molecule has 0 radical (unpaired) electrons. The Hall–Kier alpha value is -0.480. The molecule has 70 valence electrons. The number of carboxylic acids is 1. The number of thioether (sulfide) groups is 1. The van der Waals surface area contributed by atoms with Gasteiger partial charge >= 0.3 is 0 Å². The maximum atomic E-state index is 10.1. The van der Waals surface area contributed by atoms with E-state index in [1.54, 1.807) is 0 Å². The summed E-state index contributed by atoms with van der Waals surface area (Å²) < 4.78 is 1.03. The first-order valence-corrected chi connectivity index (χ1v) is 5.65. The molecule has 0 aliphatic rings. The van der Waals surface area contributed by atoms with Gasteiger partial charge in [-0.25, -0.2) is 0 Å². The first-order valence-electron chi connectivity index (χ1n) is 3.70. The molecule has 0 heterocycles. The number of carbonyl (C=O) groups is 1. The Bertz CT molecular complexity index is 284. The maximum absolute atomic E-state index is 10.1. The maximum Gasteiger partial charge on any atom is 0.0513 e. The number of rotatable bonds is 4. The molecule has 1 aromatic carbocycles. The van der Waals surface area contributed by atoms with Crippen LogP contribution < -0.4 is 5.11 Å². The van der Waals surface area contributed by atoms with Crippen LogP contribution >= 0.6 is 27.7 Å². The first kappa shape index (κ1) is 10.6. The lowest BCUT2D eigenvalue weighted by atomic mass is 10.2. The quantitative estimate of drug-likeness (QED) is 0.822. The zero-order valence-corrected chi connectivity index (χ0v) is 9.23. The van der Waals surface area contributed by atoms with Crippen LogP contribution in [0, 0.1) is 0 Å². The Balaban J connectivity index is 2.37. The van der Waals surface area contributed by atoms with E-state index in [4.69, 9.17) is 0 Å². The van der Waals surface area contributed by atoms with Gasteiger partial charge in [0.1, 0.15) is 0 Å². The van der Waals surface area contributed by atoms with E-state index in [1.165, 1.54) is 11.8 Å². The van der Waals surface area contributed by atoms with Gasteiger partial charge in [0.25, 0.3) is 0 Å². The van der Waals surface area contributed by atoms with Gasteiger partial charge in [0.2, 0.25) is 0 Å². The van der Waals surface area contributed by atoms with Crippen LogP contribution in [0.3, 0.4) is 0 Å². The van der Waals surface area contributed by atoms with Crippen LogP contribution in [0.15, 0.2) is 28.7 Å². The van der Waals surface area contributed by atoms with E-state index >= 15 is 0 Å². The fourth-order valence-corrected chi connectivity index (χ4v) is 1.79. The predicted octanol–water partition coefficient (Wildman–Crippen LogP) is 1.43. The van der Waals surface area contributed by atoms with Crippen LogP contribution in [0.5, 0.6) is 0 Å². The molecule has 13 heavy (non-hydrogen) atoms. The minimum absolute atomic E-state index is 0.0517. The zero-order valence-electron chi connectivity index (χ0n) is 6.83. The summed E-state index contributed by atoms with van der Waals surface area (Å²) in [6.07, 6.45) is 0. The molecule has 0 atom stereocenters. The van der Waals surface area contributed by atoms with Crippen molar-refractivity contribution < 1.29 is 9.90 Å². The highest BCUT2D eigenvalue weighted by Crippen LogP contribution is 2.15. The summed E-state index contributed by atoms with van der Waals surface area (Å²) in [4.78, 5) is 10.1. The highest BCUT2D eigenvalue weighted by Gasteiger charge is 1.93. The molecule has 0 N–H and O–H groups in total. The van der Waals surface area contributed by atoms with E-state index in [-0.39, 0.29) is 5.75 Å². The number of benzene rings is 1. The van der Waals surface area contributed by atoms with Gasteiger partial charge in [-0.2, -0.15) is 11.8 Å². The fraction of sp³-hybridized carbons (Fsp3) is 0.222. The fourth-order valence-electron chi connectivity index (χ4n) is 0.833. The van der Waals surface area contributed by atoms with E-state index in [0.29, 0.717) is 5.75 Å². The van der Waals surface area contributed by atoms with Crippen LogP contribution in [0.4, 0.5) is 0 Å². The number of hydrogen-bond donors (Lipinski definition) is 0. The molecule has 1 rings (SSSR count). The molecule has 0 unspecified atom stereocenters. The lowest BCUT2D eigenvalue weighted by molar-refractivity contribution is -0.301. The number of carbonyl (C=O) groups excluding carboxylic acids is 1. The van der Waals surface area contributed by atoms with Gasteiger partial charge in [-0.15, -0.1) is 0 Å². The summed E-state index contributed by atoms with van der Waals surface area (Å²) in [5.74, 6) is -0.251. The lowest BCUT2D eigenvalue weighted by Gasteiger charge is -2.02. The third kappa shape index (κ3) is 4.33. The van der Waals surface area contributed by atoms with Crippen molar-refractivity contribution in [3.63, 3.8) is 0 Å². The topological polar surface area (TPSA) is 40.1 Å². The Labute approximate surface area is 89.5 Å². The molecule has 0 saturated carbocycles. The summed E-state index contributed by atoms with van der Waals surface area (Å²) in [6, 6.07) is 7.81. The molecule has 0 aromatic heterocycles. The van der Waals surface area contributed by atoms with E-state index in [0.717, 1.165) is 10.0 Å². The Morgan fingerprint density at radius 2 is 2.00 bits per heavy atom. The molecule has 1 aromatic rings. The molecule has 4 heteroatoms. The van der Waals surface area contributed by atoms with Crippen molar-refractivity contribution in [2.45, 2.75) is 5.75 Å².